The Kier molecular flexibility index (Phi) is 4.75. The first-order chi connectivity index (χ1) is 12.6. The maximum atomic E-state index is 11.6. The van der Waals surface area contributed by atoms with Gasteiger partial charge in [-0.1, -0.05) is 40.3 Å². The molecule has 27 heavy (non-hydrogen) atoms. The number of nitrogens with zero attached hydrogens (tertiary/aromatic N) is 1. The smallest absolute Gasteiger partial charge is 0.339 e. The summed E-state index contributed by atoms with van der Waals surface area (Å²) in [6, 6.07) is 8.21. The topological polar surface area (TPSA) is 39.2 Å². The Morgan fingerprint density at radius 3 is 2.19 bits per heavy atom. The van der Waals surface area contributed by atoms with E-state index in [0.29, 0.717) is 5.56 Å². The third-order valence-electron chi connectivity index (χ3n) is 6.02. The highest BCUT2D eigenvalue weighted by Gasteiger charge is 2.37. The lowest BCUT2D eigenvalue weighted by Gasteiger charge is -2.42. The molecule has 1 aromatic carbocycles. The van der Waals surface area contributed by atoms with Crippen LogP contribution in [0.1, 0.15) is 78.8 Å². The van der Waals surface area contributed by atoms with E-state index in [1.165, 1.54) is 36.6 Å². The highest BCUT2D eigenvalue weighted by Crippen LogP contribution is 2.47. The lowest BCUT2D eigenvalue weighted by Crippen LogP contribution is -2.34. The molecule has 0 aliphatic heterocycles. The number of carbonyl (C=O) groups is 1. The number of methoxy groups -OCH3 is 1. The standard InChI is InChI=1S/C24H29NO2/c1-15-12-19-20(24(5,6)11-10-23(19,3)4)13-18(15)16(2)21-9-8-17(14-25-21)22(26)27-7/h8-9,12-14H,2,10-11H2,1,3-7H3. The van der Waals surface area contributed by atoms with Gasteiger partial charge in [-0.25, -0.2) is 4.79 Å². The zero-order valence-electron chi connectivity index (χ0n) is 17.3. The average Bonchev–Trinajstić information content (AvgIpc) is 2.64. The second-order valence-corrected chi connectivity index (χ2v) is 8.88. The fraction of sp³-hybridized carbons (Fsp3) is 0.417. The van der Waals surface area contributed by atoms with Crippen molar-refractivity contribution in [3.8, 4) is 0 Å². The van der Waals surface area contributed by atoms with Gasteiger partial charge >= 0.3 is 5.97 Å². The van der Waals surface area contributed by atoms with Crippen molar-refractivity contribution < 1.29 is 9.53 Å². The minimum Gasteiger partial charge on any atom is -0.465 e. The van der Waals surface area contributed by atoms with E-state index in [0.717, 1.165) is 16.8 Å². The van der Waals surface area contributed by atoms with Gasteiger partial charge in [-0.3, -0.25) is 4.98 Å². The van der Waals surface area contributed by atoms with Gasteiger partial charge in [0, 0.05) is 11.8 Å². The van der Waals surface area contributed by atoms with Crippen molar-refractivity contribution in [3.05, 3.63) is 70.6 Å². The molecule has 0 unspecified atom stereocenters. The summed E-state index contributed by atoms with van der Waals surface area (Å²) in [4.78, 5) is 16.1. The van der Waals surface area contributed by atoms with Crippen LogP contribution in [0.15, 0.2) is 37.0 Å². The molecule has 2 aromatic rings. The van der Waals surface area contributed by atoms with E-state index in [9.17, 15) is 4.79 Å². The quantitative estimate of drug-likeness (QED) is 0.668. The Labute approximate surface area is 162 Å². The first-order valence-corrected chi connectivity index (χ1v) is 9.46. The van der Waals surface area contributed by atoms with Crippen molar-refractivity contribution in [2.24, 2.45) is 0 Å². The van der Waals surface area contributed by atoms with Crippen LogP contribution in [-0.2, 0) is 15.6 Å². The molecule has 1 aromatic heterocycles. The summed E-state index contributed by atoms with van der Waals surface area (Å²) in [6.07, 6.45) is 3.92. The highest BCUT2D eigenvalue weighted by molar-refractivity contribution is 5.89. The van der Waals surface area contributed by atoms with Crippen LogP contribution >= 0.6 is 0 Å². The third-order valence-corrected chi connectivity index (χ3v) is 6.02. The number of hydrogen-bond acceptors (Lipinski definition) is 3. The van der Waals surface area contributed by atoms with Crippen LogP contribution < -0.4 is 0 Å². The molecule has 0 saturated carbocycles. The van der Waals surface area contributed by atoms with Gasteiger partial charge in [0.25, 0.3) is 0 Å². The highest BCUT2D eigenvalue weighted by atomic mass is 16.5. The lowest BCUT2D eigenvalue weighted by atomic mass is 9.62. The zero-order chi connectivity index (χ0) is 20.0. The first kappa shape index (κ1) is 19.3. The van der Waals surface area contributed by atoms with E-state index in [2.05, 4.69) is 58.3 Å². The number of aromatic nitrogens is 1. The molecule has 3 heteroatoms. The molecule has 1 aliphatic rings. The van der Waals surface area contributed by atoms with Crippen LogP contribution in [0, 0.1) is 6.92 Å². The first-order valence-electron chi connectivity index (χ1n) is 9.46. The number of rotatable bonds is 3. The van der Waals surface area contributed by atoms with Crippen LogP contribution in [-0.4, -0.2) is 18.1 Å². The van der Waals surface area contributed by atoms with E-state index in [-0.39, 0.29) is 16.8 Å². The molecule has 0 radical (unpaired) electrons. The Bertz CT molecular complexity index is 905. The van der Waals surface area contributed by atoms with Gasteiger partial charge in [-0.15, -0.1) is 0 Å². The number of fused-ring (bicyclic) bond motifs is 1. The van der Waals surface area contributed by atoms with Gasteiger partial charge in [0.15, 0.2) is 0 Å². The van der Waals surface area contributed by atoms with Crippen LogP contribution in [0.4, 0.5) is 0 Å². The zero-order valence-corrected chi connectivity index (χ0v) is 17.3. The lowest BCUT2D eigenvalue weighted by molar-refractivity contribution is 0.0600. The Morgan fingerprint density at radius 2 is 1.67 bits per heavy atom. The van der Waals surface area contributed by atoms with E-state index >= 15 is 0 Å². The fourth-order valence-electron chi connectivity index (χ4n) is 4.00. The summed E-state index contributed by atoms with van der Waals surface area (Å²) >= 11 is 0. The van der Waals surface area contributed by atoms with Crippen molar-refractivity contribution in [1.82, 2.24) is 4.98 Å². The summed E-state index contributed by atoms with van der Waals surface area (Å²) in [5.41, 5.74) is 7.63. The maximum Gasteiger partial charge on any atom is 0.339 e. The molecule has 0 saturated heterocycles. The van der Waals surface area contributed by atoms with Crippen molar-refractivity contribution in [2.45, 2.75) is 58.3 Å². The normalized spacial score (nSPS) is 17.1. The molecule has 142 valence electrons. The Balaban J connectivity index is 2.05. The second-order valence-electron chi connectivity index (χ2n) is 8.88. The molecule has 0 N–H and O–H groups in total. The summed E-state index contributed by atoms with van der Waals surface area (Å²) in [6.45, 7) is 15.8. The van der Waals surface area contributed by atoms with E-state index in [4.69, 9.17) is 4.74 Å². The number of carbonyl (C=O) groups excluding carboxylic acids is 1. The van der Waals surface area contributed by atoms with E-state index in [1.54, 1.807) is 12.3 Å². The summed E-state index contributed by atoms with van der Waals surface area (Å²) in [7, 11) is 1.37. The van der Waals surface area contributed by atoms with Crippen LogP contribution in [0.25, 0.3) is 5.57 Å². The van der Waals surface area contributed by atoms with Crippen molar-refractivity contribution >= 4 is 11.5 Å². The monoisotopic (exact) mass is 363 g/mol. The average molecular weight is 364 g/mol. The predicted molar refractivity (Wildman–Crippen MR) is 110 cm³/mol. The van der Waals surface area contributed by atoms with Crippen LogP contribution in [0.5, 0.6) is 0 Å². The van der Waals surface area contributed by atoms with Crippen molar-refractivity contribution in [1.29, 1.82) is 0 Å². The largest absolute Gasteiger partial charge is 0.465 e. The minimum absolute atomic E-state index is 0.149. The SMILES string of the molecule is C=C(c1ccc(C(=O)OC)cn1)c1cc2c(cc1C)C(C)(C)CCC2(C)C. The number of pyridine rings is 1. The second kappa shape index (κ2) is 6.63. The molecule has 3 nitrogen and oxygen atoms in total. The van der Waals surface area contributed by atoms with Crippen molar-refractivity contribution in [3.63, 3.8) is 0 Å². The van der Waals surface area contributed by atoms with Gasteiger partial charge in [0.1, 0.15) is 0 Å². The van der Waals surface area contributed by atoms with Crippen molar-refractivity contribution in [2.75, 3.05) is 7.11 Å². The van der Waals surface area contributed by atoms with Gasteiger partial charge in [0.2, 0.25) is 0 Å². The summed E-state index contributed by atoms with van der Waals surface area (Å²) in [5, 5.41) is 0. The van der Waals surface area contributed by atoms with Gasteiger partial charge < -0.3 is 4.74 Å². The van der Waals surface area contributed by atoms with Gasteiger partial charge in [-0.2, -0.15) is 0 Å². The fourth-order valence-corrected chi connectivity index (χ4v) is 4.00. The predicted octanol–water partition coefficient (Wildman–Crippen LogP) is 5.59. The minimum atomic E-state index is -0.381. The molecule has 3 rings (SSSR count). The maximum absolute atomic E-state index is 11.6. The molecule has 1 heterocycles. The van der Waals surface area contributed by atoms with Crippen LogP contribution in [0.3, 0.4) is 0 Å². The molecular weight excluding hydrogens is 334 g/mol. The molecule has 1 aliphatic carbocycles. The van der Waals surface area contributed by atoms with E-state index < -0.39 is 0 Å². The molecule has 0 amide bonds. The number of ether oxygens (including phenoxy) is 1. The Morgan fingerprint density at radius 1 is 1.07 bits per heavy atom. The molecule has 0 fully saturated rings. The Hall–Kier alpha value is -2.42. The number of aryl methyl sites for hydroxylation is 1. The summed E-state index contributed by atoms with van der Waals surface area (Å²) in [5.74, 6) is -0.381. The molecule has 0 spiro atoms. The number of hydrogen-bond donors (Lipinski definition) is 0. The van der Waals surface area contributed by atoms with Crippen LogP contribution in [0.2, 0.25) is 0 Å². The molecular formula is C24H29NO2. The van der Waals surface area contributed by atoms with Gasteiger partial charge in [-0.05, 0) is 71.0 Å². The third kappa shape index (κ3) is 3.43. The molecule has 0 bridgehead atoms. The van der Waals surface area contributed by atoms with E-state index in [1.807, 2.05) is 6.07 Å². The summed E-state index contributed by atoms with van der Waals surface area (Å²) < 4.78 is 4.74. The number of esters is 1. The molecule has 0 atom stereocenters. The number of benzene rings is 1. The van der Waals surface area contributed by atoms with Gasteiger partial charge in [0.05, 0.1) is 18.4 Å².